The summed E-state index contributed by atoms with van der Waals surface area (Å²) in [6.45, 7) is 0.718. The molecule has 0 bridgehead atoms. The van der Waals surface area contributed by atoms with Crippen molar-refractivity contribution in [2.75, 3.05) is 7.05 Å². The van der Waals surface area contributed by atoms with Gasteiger partial charge in [0.1, 0.15) is 6.54 Å². The summed E-state index contributed by atoms with van der Waals surface area (Å²) in [6, 6.07) is 0. The average Bonchev–Trinajstić information content (AvgIpc) is 2.36. The van der Waals surface area contributed by atoms with Crippen molar-refractivity contribution in [3.8, 4) is 0 Å². The van der Waals surface area contributed by atoms with E-state index >= 15 is 0 Å². The normalized spacial score (nSPS) is 10.1. The summed E-state index contributed by atoms with van der Waals surface area (Å²) in [7, 11) is 1.81. The Morgan fingerprint density at radius 1 is 1.83 bits per heavy atom. The van der Waals surface area contributed by atoms with Crippen molar-refractivity contribution >= 4 is 5.91 Å². The Morgan fingerprint density at radius 3 is 3.17 bits per heavy atom. The predicted molar refractivity (Wildman–Crippen MR) is 42.0 cm³/mol. The van der Waals surface area contributed by atoms with Gasteiger partial charge >= 0.3 is 0 Å². The fourth-order valence-corrected chi connectivity index (χ4v) is 0.838. The largest absolute Gasteiger partial charge is 0.368 e. The van der Waals surface area contributed by atoms with Gasteiger partial charge in [0.15, 0.2) is 0 Å². The zero-order chi connectivity index (χ0) is 8.97. The Hall–Kier alpha value is -1.43. The zero-order valence-electron chi connectivity index (χ0n) is 6.82. The molecular weight excluding hydrogens is 158 g/mol. The van der Waals surface area contributed by atoms with E-state index in [1.54, 1.807) is 6.20 Å². The fourth-order valence-electron chi connectivity index (χ4n) is 0.838. The quantitative estimate of drug-likeness (QED) is 0.573. The number of hydrogen-bond acceptors (Lipinski definition) is 4. The van der Waals surface area contributed by atoms with Crippen molar-refractivity contribution in [2.45, 2.75) is 13.1 Å². The van der Waals surface area contributed by atoms with Gasteiger partial charge in [-0.15, -0.1) is 5.10 Å². The minimum atomic E-state index is -0.420. The van der Waals surface area contributed by atoms with Gasteiger partial charge in [-0.25, -0.2) is 4.68 Å². The van der Waals surface area contributed by atoms with Gasteiger partial charge in [0.2, 0.25) is 5.91 Å². The molecule has 0 fully saturated rings. The van der Waals surface area contributed by atoms with Gasteiger partial charge in [-0.3, -0.25) is 4.79 Å². The van der Waals surface area contributed by atoms with Crippen LogP contribution in [0.25, 0.3) is 0 Å². The molecule has 0 saturated heterocycles. The van der Waals surface area contributed by atoms with Crippen LogP contribution in [0.15, 0.2) is 6.20 Å². The molecule has 0 saturated carbocycles. The number of nitrogens with two attached hydrogens (primary N) is 1. The molecule has 0 unspecified atom stereocenters. The molecule has 1 aromatic heterocycles. The first-order valence-electron chi connectivity index (χ1n) is 3.54. The Morgan fingerprint density at radius 2 is 2.58 bits per heavy atom. The summed E-state index contributed by atoms with van der Waals surface area (Å²) in [5.74, 6) is -0.420. The SMILES string of the molecule is CNCc1cn(CC(N)=O)nn1. The predicted octanol–water partition coefficient (Wildman–Crippen LogP) is -1.52. The topological polar surface area (TPSA) is 85.8 Å². The molecule has 12 heavy (non-hydrogen) atoms. The number of rotatable bonds is 4. The van der Waals surface area contributed by atoms with E-state index in [9.17, 15) is 4.79 Å². The number of carbonyl (C=O) groups excluding carboxylic acids is 1. The first-order chi connectivity index (χ1) is 5.72. The standard InChI is InChI=1S/C6H11N5O/c1-8-2-5-3-11(10-9-5)4-6(7)12/h3,8H,2,4H2,1H3,(H2,7,12). The van der Waals surface area contributed by atoms with Gasteiger partial charge in [-0.2, -0.15) is 0 Å². The highest BCUT2D eigenvalue weighted by Crippen LogP contribution is 1.90. The number of nitrogens with zero attached hydrogens (tertiary/aromatic N) is 3. The van der Waals surface area contributed by atoms with E-state index in [0.717, 1.165) is 5.69 Å². The van der Waals surface area contributed by atoms with E-state index < -0.39 is 5.91 Å². The summed E-state index contributed by atoms with van der Waals surface area (Å²) in [6.07, 6.45) is 1.68. The van der Waals surface area contributed by atoms with Gasteiger partial charge in [0, 0.05) is 6.54 Å². The third kappa shape index (κ3) is 2.31. The van der Waals surface area contributed by atoms with E-state index in [4.69, 9.17) is 5.73 Å². The number of amides is 1. The Labute approximate surface area is 69.7 Å². The molecule has 1 rings (SSSR count). The van der Waals surface area contributed by atoms with Crippen molar-refractivity contribution in [1.82, 2.24) is 20.3 Å². The number of primary amides is 1. The second-order valence-corrected chi connectivity index (χ2v) is 2.40. The van der Waals surface area contributed by atoms with E-state index in [1.807, 2.05) is 7.05 Å². The first kappa shape index (κ1) is 8.66. The van der Waals surface area contributed by atoms with Crippen molar-refractivity contribution in [1.29, 1.82) is 0 Å². The van der Waals surface area contributed by atoms with Crippen molar-refractivity contribution in [3.63, 3.8) is 0 Å². The summed E-state index contributed by atoms with van der Waals surface area (Å²) >= 11 is 0. The minimum Gasteiger partial charge on any atom is -0.368 e. The van der Waals surface area contributed by atoms with Crippen molar-refractivity contribution < 1.29 is 4.79 Å². The lowest BCUT2D eigenvalue weighted by Crippen LogP contribution is -2.18. The number of nitrogens with one attached hydrogen (secondary N) is 1. The van der Waals surface area contributed by atoms with Crippen molar-refractivity contribution in [3.05, 3.63) is 11.9 Å². The van der Waals surface area contributed by atoms with Crippen LogP contribution in [0.1, 0.15) is 5.69 Å². The van der Waals surface area contributed by atoms with Crippen LogP contribution >= 0.6 is 0 Å². The van der Waals surface area contributed by atoms with Crippen LogP contribution in [0.2, 0.25) is 0 Å². The molecule has 0 aromatic carbocycles. The van der Waals surface area contributed by atoms with Crippen LogP contribution in [0, 0.1) is 0 Å². The van der Waals surface area contributed by atoms with Crippen LogP contribution in [0.5, 0.6) is 0 Å². The molecule has 1 heterocycles. The van der Waals surface area contributed by atoms with Gasteiger partial charge in [0.25, 0.3) is 0 Å². The molecule has 66 valence electrons. The van der Waals surface area contributed by atoms with E-state index in [0.29, 0.717) is 6.54 Å². The first-order valence-corrected chi connectivity index (χ1v) is 3.54. The highest BCUT2D eigenvalue weighted by Gasteiger charge is 2.00. The lowest BCUT2D eigenvalue weighted by Gasteiger charge is -1.92. The van der Waals surface area contributed by atoms with Crippen molar-refractivity contribution in [2.24, 2.45) is 5.73 Å². The highest BCUT2D eigenvalue weighted by atomic mass is 16.1. The van der Waals surface area contributed by atoms with Crippen LogP contribution in [-0.4, -0.2) is 27.9 Å². The molecule has 1 aromatic rings. The second-order valence-electron chi connectivity index (χ2n) is 2.40. The maximum Gasteiger partial charge on any atom is 0.239 e. The number of hydrogen-bond donors (Lipinski definition) is 2. The molecule has 3 N–H and O–H groups in total. The molecule has 0 aliphatic carbocycles. The fraction of sp³-hybridized carbons (Fsp3) is 0.500. The minimum absolute atomic E-state index is 0.0801. The number of carbonyl (C=O) groups is 1. The summed E-state index contributed by atoms with van der Waals surface area (Å²) < 4.78 is 1.41. The molecule has 0 aliphatic rings. The Bertz CT molecular complexity index is 269. The summed E-state index contributed by atoms with van der Waals surface area (Å²) in [5, 5.41) is 10.4. The molecule has 1 amide bonds. The average molecular weight is 169 g/mol. The van der Waals surface area contributed by atoms with Gasteiger partial charge in [-0.05, 0) is 7.05 Å². The maximum absolute atomic E-state index is 10.5. The molecule has 6 nitrogen and oxygen atoms in total. The smallest absolute Gasteiger partial charge is 0.239 e. The molecule has 0 spiro atoms. The summed E-state index contributed by atoms with van der Waals surface area (Å²) in [5.41, 5.74) is 5.76. The van der Waals surface area contributed by atoms with Gasteiger partial charge < -0.3 is 11.1 Å². The molecule has 0 atom stereocenters. The molecular formula is C6H11N5O. The van der Waals surface area contributed by atoms with Gasteiger partial charge in [-0.1, -0.05) is 5.21 Å². The second kappa shape index (κ2) is 3.82. The molecule has 6 heteroatoms. The van der Waals surface area contributed by atoms with Crippen LogP contribution in [-0.2, 0) is 17.9 Å². The van der Waals surface area contributed by atoms with E-state index in [-0.39, 0.29) is 6.54 Å². The van der Waals surface area contributed by atoms with Crippen LogP contribution in [0.3, 0.4) is 0 Å². The monoisotopic (exact) mass is 169 g/mol. The Kier molecular flexibility index (Phi) is 2.76. The highest BCUT2D eigenvalue weighted by molar-refractivity contribution is 5.73. The van der Waals surface area contributed by atoms with Crippen LogP contribution < -0.4 is 11.1 Å². The lowest BCUT2D eigenvalue weighted by atomic mass is 10.5. The van der Waals surface area contributed by atoms with Crippen LogP contribution in [0.4, 0.5) is 0 Å². The van der Waals surface area contributed by atoms with Gasteiger partial charge in [0.05, 0.1) is 11.9 Å². The zero-order valence-corrected chi connectivity index (χ0v) is 6.82. The number of aromatic nitrogens is 3. The summed E-state index contributed by atoms with van der Waals surface area (Å²) in [4.78, 5) is 10.5. The third-order valence-corrected chi connectivity index (χ3v) is 1.26. The lowest BCUT2D eigenvalue weighted by molar-refractivity contribution is -0.118. The Balaban J connectivity index is 2.58. The van der Waals surface area contributed by atoms with E-state index in [2.05, 4.69) is 15.6 Å². The third-order valence-electron chi connectivity index (χ3n) is 1.26. The van der Waals surface area contributed by atoms with E-state index in [1.165, 1.54) is 4.68 Å². The molecule has 0 aliphatic heterocycles. The maximum atomic E-state index is 10.5. The molecule has 0 radical (unpaired) electrons.